The Bertz CT molecular complexity index is 1350. The fourth-order valence-corrected chi connectivity index (χ4v) is 4.74. The molecule has 1 aliphatic rings. The van der Waals surface area contributed by atoms with Gasteiger partial charge in [0.2, 0.25) is 0 Å². The van der Waals surface area contributed by atoms with Gasteiger partial charge in [-0.25, -0.2) is 4.79 Å². The zero-order chi connectivity index (χ0) is 23.7. The second-order valence-electron chi connectivity index (χ2n) is 7.83. The summed E-state index contributed by atoms with van der Waals surface area (Å²) in [5.41, 5.74) is 3.58. The first kappa shape index (κ1) is 21.7. The number of aromatic nitrogens is 2. The van der Waals surface area contributed by atoms with Crippen molar-refractivity contribution >= 4 is 29.0 Å². The number of aromatic carboxylic acids is 1. The Labute approximate surface area is 202 Å². The van der Waals surface area contributed by atoms with Gasteiger partial charge >= 0.3 is 5.97 Å². The van der Waals surface area contributed by atoms with Crippen molar-refractivity contribution in [3.63, 3.8) is 0 Å². The van der Waals surface area contributed by atoms with E-state index in [0.29, 0.717) is 10.9 Å². The first-order chi connectivity index (χ1) is 16.6. The van der Waals surface area contributed by atoms with Crippen LogP contribution in [0.1, 0.15) is 33.8 Å². The molecule has 4 aromatic rings. The molecule has 1 aliphatic heterocycles. The van der Waals surface area contributed by atoms with Crippen LogP contribution in [-0.2, 0) is 0 Å². The summed E-state index contributed by atoms with van der Waals surface area (Å²) < 4.78 is 7.64. The highest BCUT2D eigenvalue weighted by Gasteiger charge is 2.43. The van der Waals surface area contributed by atoms with E-state index in [1.54, 1.807) is 31.5 Å². The van der Waals surface area contributed by atoms with Crippen LogP contribution in [0.5, 0.6) is 5.75 Å². The predicted molar refractivity (Wildman–Crippen MR) is 134 cm³/mol. The third-order valence-electron chi connectivity index (χ3n) is 5.90. The molecule has 2 N–H and O–H groups in total. The van der Waals surface area contributed by atoms with Gasteiger partial charge in [0.05, 0.1) is 30.1 Å². The maximum atomic E-state index is 11.6. The molecule has 0 aliphatic carbocycles. The molecule has 0 radical (unpaired) electrons. The molecular formula is C26H22N4O3S. The number of hydrogen-bond acceptors (Lipinski definition) is 4. The van der Waals surface area contributed by atoms with Crippen molar-refractivity contribution in [2.75, 3.05) is 12.0 Å². The van der Waals surface area contributed by atoms with E-state index in [9.17, 15) is 9.90 Å². The van der Waals surface area contributed by atoms with Gasteiger partial charge in [-0.05, 0) is 66.8 Å². The van der Waals surface area contributed by atoms with E-state index in [1.807, 2.05) is 76.3 Å². The average molecular weight is 471 g/mol. The van der Waals surface area contributed by atoms with Crippen LogP contribution in [-0.4, -0.2) is 32.8 Å². The van der Waals surface area contributed by atoms with Crippen molar-refractivity contribution in [2.45, 2.75) is 12.1 Å². The highest BCUT2D eigenvalue weighted by molar-refractivity contribution is 7.80. The maximum Gasteiger partial charge on any atom is 0.335 e. The lowest BCUT2D eigenvalue weighted by atomic mass is 10.0. The molecule has 2 unspecified atom stereocenters. The number of thiocarbonyl (C=S) groups is 1. The van der Waals surface area contributed by atoms with Crippen molar-refractivity contribution in [3.05, 3.63) is 108 Å². The van der Waals surface area contributed by atoms with Crippen LogP contribution in [0.3, 0.4) is 0 Å². The summed E-state index contributed by atoms with van der Waals surface area (Å²) in [5.74, 6) is -0.273. The van der Waals surface area contributed by atoms with E-state index >= 15 is 0 Å². The third kappa shape index (κ3) is 3.78. The average Bonchev–Trinajstić information content (AvgIpc) is 3.49. The summed E-state index contributed by atoms with van der Waals surface area (Å²) >= 11 is 5.82. The zero-order valence-corrected chi connectivity index (χ0v) is 19.1. The molecule has 0 amide bonds. The third-order valence-corrected chi connectivity index (χ3v) is 6.21. The fraction of sp³-hybridized carbons (Fsp3) is 0.115. The highest BCUT2D eigenvalue weighted by Crippen LogP contribution is 2.44. The van der Waals surface area contributed by atoms with Gasteiger partial charge in [-0.1, -0.05) is 24.3 Å². The van der Waals surface area contributed by atoms with Crippen molar-refractivity contribution in [2.24, 2.45) is 0 Å². The highest BCUT2D eigenvalue weighted by atomic mass is 32.1. The topological polar surface area (TPSA) is 79.6 Å². The van der Waals surface area contributed by atoms with Gasteiger partial charge < -0.3 is 24.6 Å². The van der Waals surface area contributed by atoms with E-state index in [-0.39, 0.29) is 17.6 Å². The van der Waals surface area contributed by atoms with Gasteiger partial charge in [0.15, 0.2) is 5.11 Å². The van der Waals surface area contributed by atoms with E-state index in [1.165, 1.54) is 0 Å². The van der Waals surface area contributed by atoms with Crippen molar-refractivity contribution in [1.29, 1.82) is 0 Å². The van der Waals surface area contributed by atoms with Crippen LogP contribution in [0.25, 0.3) is 5.69 Å². The minimum atomic E-state index is -0.971. The van der Waals surface area contributed by atoms with E-state index in [4.69, 9.17) is 17.0 Å². The summed E-state index contributed by atoms with van der Waals surface area (Å²) in [6, 6.07) is 23.9. The van der Waals surface area contributed by atoms with Gasteiger partial charge in [0, 0.05) is 23.8 Å². The zero-order valence-electron chi connectivity index (χ0n) is 18.3. The molecule has 2 aromatic heterocycles. The molecule has 2 atom stereocenters. The Morgan fingerprint density at radius 3 is 2.65 bits per heavy atom. The number of hydrogen-bond donors (Lipinski definition) is 2. The Hall–Kier alpha value is -4.17. The lowest BCUT2D eigenvalue weighted by molar-refractivity contribution is 0.0697. The SMILES string of the molecule is COc1ccccc1N1C(=S)NC(c2ccccn2)C1c1cccn1-c1cccc(C(=O)O)c1. The molecule has 170 valence electrons. The van der Waals surface area contributed by atoms with E-state index in [2.05, 4.69) is 10.3 Å². The Morgan fingerprint density at radius 2 is 1.88 bits per heavy atom. The number of carbonyl (C=O) groups is 1. The number of carboxylic acid groups (broad SMARTS) is 1. The number of para-hydroxylation sites is 2. The minimum absolute atomic E-state index is 0.222. The number of nitrogens with one attached hydrogen (secondary N) is 1. The van der Waals surface area contributed by atoms with Crippen molar-refractivity contribution < 1.29 is 14.6 Å². The minimum Gasteiger partial charge on any atom is -0.495 e. The molecule has 7 nitrogen and oxygen atoms in total. The van der Waals surface area contributed by atoms with Gasteiger partial charge in [-0.2, -0.15) is 0 Å². The molecule has 8 heteroatoms. The monoisotopic (exact) mass is 470 g/mol. The van der Waals surface area contributed by atoms with Crippen molar-refractivity contribution in [3.8, 4) is 11.4 Å². The number of rotatable bonds is 6. The summed E-state index contributed by atoms with van der Waals surface area (Å²) in [6.45, 7) is 0. The lowest BCUT2D eigenvalue weighted by Crippen LogP contribution is -2.30. The van der Waals surface area contributed by atoms with Gasteiger partial charge in [-0.3, -0.25) is 4.98 Å². The van der Waals surface area contributed by atoms with E-state index < -0.39 is 5.97 Å². The van der Waals surface area contributed by atoms with Gasteiger partial charge in [0.25, 0.3) is 0 Å². The number of benzene rings is 2. The summed E-state index contributed by atoms with van der Waals surface area (Å²) in [7, 11) is 1.64. The Kier molecular flexibility index (Phi) is 5.73. The van der Waals surface area contributed by atoms with Crippen LogP contribution < -0.4 is 15.0 Å². The number of ether oxygens (including phenoxy) is 1. The Balaban J connectivity index is 1.69. The first-order valence-electron chi connectivity index (χ1n) is 10.7. The molecule has 1 saturated heterocycles. The standard InChI is InChI=1S/C26H22N4O3S/c1-33-22-13-3-2-11-20(22)30-24(23(28-26(30)34)19-10-4-5-14-27-19)21-12-7-15-29(21)18-9-6-8-17(16-18)25(31)32/h2-16,23-24H,1H3,(H,28,34)(H,31,32). The largest absolute Gasteiger partial charge is 0.495 e. The molecule has 34 heavy (non-hydrogen) atoms. The van der Waals surface area contributed by atoms with Crippen LogP contribution in [0.2, 0.25) is 0 Å². The van der Waals surface area contributed by atoms with Gasteiger partial charge in [0.1, 0.15) is 11.8 Å². The van der Waals surface area contributed by atoms with Crippen molar-refractivity contribution in [1.82, 2.24) is 14.9 Å². The van der Waals surface area contributed by atoms with Crippen LogP contribution in [0, 0.1) is 0 Å². The second kappa shape index (κ2) is 8.99. The molecule has 5 rings (SSSR count). The van der Waals surface area contributed by atoms with Gasteiger partial charge in [-0.15, -0.1) is 0 Å². The number of carboxylic acids is 1. The second-order valence-corrected chi connectivity index (χ2v) is 8.21. The summed E-state index contributed by atoms with van der Waals surface area (Å²) in [4.78, 5) is 18.2. The fourth-order valence-electron chi connectivity index (χ4n) is 4.40. The Morgan fingerprint density at radius 1 is 1.06 bits per heavy atom. The molecule has 3 heterocycles. The number of pyridine rings is 1. The lowest BCUT2D eigenvalue weighted by Gasteiger charge is -2.30. The summed E-state index contributed by atoms with van der Waals surface area (Å²) in [6.07, 6.45) is 3.69. The molecule has 0 bridgehead atoms. The van der Waals surface area contributed by atoms with Crippen LogP contribution in [0.4, 0.5) is 5.69 Å². The van der Waals surface area contributed by atoms with E-state index in [0.717, 1.165) is 22.8 Å². The smallest absolute Gasteiger partial charge is 0.335 e. The molecule has 2 aromatic carbocycles. The number of anilines is 1. The first-order valence-corrected chi connectivity index (χ1v) is 11.1. The quantitative estimate of drug-likeness (QED) is 0.394. The maximum absolute atomic E-state index is 11.6. The van der Waals surface area contributed by atoms with Crippen LogP contribution >= 0.6 is 12.2 Å². The van der Waals surface area contributed by atoms with Crippen LogP contribution in [0.15, 0.2) is 91.3 Å². The molecule has 0 saturated carbocycles. The normalized spacial score (nSPS) is 17.4. The molecule has 1 fully saturated rings. The molecule has 0 spiro atoms. The number of methoxy groups -OCH3 is 1. The predicted octanol–water partition coefficient (Wildman–Crippen LogP) is 4.76. The molecular weight excluding hydrogens is 448 g/mol. The summed E-state index contributed by atoms with van der Waals surface area (Å²) in [5, 5.41) is 13.5. The number of nitrogens with zero attached hydrogens (tertiary/aromatic N) is 3.